The first-order valence-electron chi connectivity index (χ1n) is 8.73. The highest BCUT2D eigenvalue weighted by atomic mass is 19.3. The molecule has 2 aliphatic rings. The van der Waals surface area contributed by atoms with Gasteiger partial charge in [0.2, 0.25) is 12.3 Å². The first-order valence-corrected chi connectivity index (χ1v) is 8.73. The van der Waals surface area contributed by atoms with Gasteiger partial charge in [-0.1, -0.05) is 5.92 Å². The summed E-state index contributed by atoms with van der Waals surface area (Å²) >= 11 is 0. The first-order chi connectivity index (χ1) is 13.1. The van der Waals surface area contributed by atoms with Crippen molar-refractivity contribution in [3.63, 3.8) is 0 Å². The van der Waals surface area contributed by atoms with E-state index in [1.54, 1.807) is 6.07 Å². The molecule has 0 amide bonds. The van der Waals surface area contributed by atoms with Crippen molar-refractivity contribution in [3.05, 3.63) is 23.5 Å². The molecule has 2 heterocycles. The summed E-state index contributed by atoms with van der Waals surface area (Å²) in [7, 11) is 2.93. The van der Waals surface area contributed by atoms with E-state index in [0.717, 1.165) is 12.8 Å². The molecule has 2 aromatic heterocycles. The average molecular weight is 372 g/mol. The Bertz CT molecular complexity index is 922. The van der Waals surface area contributed by atoms with Crippen LogP contribution in [0.25, 0.3) is 11.3 Å². The Morgan fingerprint density at radius 2 is 2.00 bits per heavy atom. The Morgan fingerprint density at radius 3 is 2.63 bits per heavy atom. The van der Waals surface area contributed by atoms with Crippen LogP contribution in [0.15, 0.2) is 12.3 Å². The highest BCUT2D eigenvalue weighted by Crippen LogP contribution is 2.52. The number of ether oxygens (including phenoxy) is 2. The minimum atomic E-state index is -2.35. The molecular formula is C19H18F2N4O2. The predicted molar refractivity (Wildman–Crippen MR) is 92.6 cm³/mol. The zero-order valence-electron chi connectivity index (χ0n) is 14.9. The first kappa shape index (κ1) is 17.6. The minimum absolute atomic E-state index is 0.163. The number of rotatable bonds is 5. The van der Waals surface area contributed by atoms with Gasteiger partial charge < -0.3 is 9.47 Å². The van der Waals surface area contributed by atoms with Crippen LogP contribution >= 0.6 is 0 Å². The van der Waals surface area contributed by atoms with Gasteiger partial charge in [-0.05, 0) is 42.7 Å². The third-order valence-corrected chi connectivity index (χ3v) is 4.74. The summed E-state index contributed by atoms with van der Waals surface area (Å²) in [6.07, 6.45) is 1.76. The van der Waals surface area contributed by atoms with E-state index in [4.69, 9.17) is 9.47 Å². The summed E-state index contributed by atoms with van der Waals surface area (Å²) in [5, 5.41) is 8.43. The lowest BCUT2D eigenvalue weighted by Gasteiger charge is -2.10. The van der Waals surface area contributed by atoms with Gasteiger partial charge in [0.25, 0.3) is 0 Å². The SMILES string of the molecule is COc1ncc(-c2cc([C@H]3C[C@@H]3C(F)F)c(C#CC3CC3)nn2)c(OC)n1. The van der Waals surface area contributed by atoms with Gasteiger partial charge in [-0.3, -0.25) is 0 Å². The Balaban J connectivity index is 1.74. The van der Waals surface area contributed by atoms with Crippen LogP contribution in [0.5, 0.6) is 11.9 Å². The maximum Gasteiger partial charge on any atom is 0.319 e. The van der Waals surface area contributed by atoms with Crippen molar-refractivity contribution < 1.29 is 18.3 Å². The van der Waals surface area contributed by atoms with Crippen molar-refractivity contribution >= 4 is 0 Å². The predicted octanol–water partition coefficient (Wildman–Crippen LogP) is 3.08. The van der Waals surface area contributed by atoms with Crippen LogP contribution < -0.4 is 9.47 Å². The van der Waals surface area contributed by atoms with Gasteiger partial charge in [0.15, 0.2) is 0 Å². The summed E-state index contributed by atoms with van der Waals surface area (Å²) in [6, 6.07) is 1.92. The Labute approximate surface area is 155 Å². The van der Waals surface area contributed by atoms with Crippen LogP contribution in [-0.4, -0.2) is 40.8 Å². The molecule has 2 saturated carbocycles. The second kappa shape index (κ2) is 7.06. The third kappa shape index (κ3) is 3.68. The van der Waals surface area contributed by atoms with Crippen molar-refractivity contribution in [3.8, 4) is 35.0 Å². The van der Waals surface area contributed by atoms with E-state index in [2.05, 4.69) is 32.0 Å². The van der Waals surface area contributed by atoms with Crippen molar-refractivity contribution in [2.24, 2.45) is 11.8 Å². The summed E-state index contributed by atoms with van der Waals surface area (Å²) < 4.78 is 36.5. The molecule has 6 nitrogen and oxygen atoms in total. The lowest BCUT2D eigenvalue weighted by molar-refractivity contribution is 0.120. The number of hydrogen-bond donors (Lipinski definition) is 0. The molecule has 8 heteroatoms. The average Bonchev–Trinajstić information content (AvgIpc) is 3.59. The highest BCUT2D eigenvalue weighted by Gasteiger charge is 2.46. The van der Waals surface area contributed by atoms with E-state index < -0.39 is 12.3 Å². The smallest absolute Gasteiger partial charge is 0.319 e. The van der Waals surface area contributed by atoms with Crippen LogP contribution in [-0.2, 0) is 0 Å². The van der Waals surface area contributed by atoms with Gasteiger partial charge in [-0.2, -0.15) is 4.98 Å². The van der Waals surface area contributed by atoms with Gasteiger partial charge in [-0.25, -0.2) is 13.8 Å². The van der Waals surface area contributed by atoms with E-state index in [9.17, 15) is 8.78 Å². The molecule has 2 aromatic rings. The van der Waals surface area contributed by atoms with Gasteiger partial charge in [-0.15, -0.1) is 10.2 Å². The van der Waals surface area contributed by atoms with Crippen LogP contribution in [0.1, 0.15) is 36.4 Å². The second-order valence-corrected chi connectivity index (χ2v) is 6.70. The van der Waals surface area contributed by atoms with E-state index >= 15 is 0 Å². The topological polar surface area (TPSA) is 70.0 Å². The van der Waals surface area contributed by atoms with Crippen molar-refractivity contribution in [1.82, 2.24) is 20.2 Å². The number of alkyl halides is 2. The fourth-order valence-corrected chi connectivity index (χ4v) is 2.95. The minimum Gasteiger partial charge on any atom is -0.480 e. The molecule has 0 unspecified atom stereocenters. The van der Waals surface area contributed by atoms with E-state index in [-0.39, 0.29) is 17.8 Å². The zero-order chi connectivity index (χ0) is 19.0. The van der Waals surface area contributed by atoms with Crippen LogP contribution in [0.3, 0.4) is 0 Å². The summed E-state index contributed by atoms with van der Waals surface area (Å²) in [6.45, 7) is 0. The maximum atomic E-state index is 13.1. The van der Waals surface area contributed by atoms with Crippen molar-refractivity contribution in [1.29, 1.82) is 0 Å². The quantitative estimate of drug-likeness (QED) is 0.752. The normalized spacial score (nSPS) is 20.8. The third-order valence-electron chi connectivity index (χ3n) is 4.74. The molecule has 0 spiro atoms. The number of methoxy groups -OCH3 is 2. The molecular weight excluding hydrogens is 354 g/mol. The molecule has 0 N–H and O–H groups in total. The fourth-order valence-electron chi connectivity index (χ4n) is 2.95. The van der Waals surface area contributed by atoms with Crippen LogP contribution in [0.2, 0.25) is 0 Å². The molecule has 0 aliphatic heterocycles. The zero-order valence-corrected chi connectivity index (χ0v) is 14.9. The molecule has 0 saturated heterocycles. The Morgan fingerprint density at radius 1 is 1.19 bits per heavy atom. The molecule has 0 bridgehead atoms. The molecule has 140 valence electrons. The Hall–Kier alpha value is -2.82. The van der Waals surface area contributed by atoms with E-state index in [1.165, 1.54) is 20.4 Å². The van der Waals surface area contributed by atoms with Gasteiger partial charge in [0.1, 0.15) is 11.4 Å². The molecule has 2 fully saturated rings. The van der Waals surface area contributed by atoms with E-state index in [0.29, 0.717) is 34.9 Å². The molecule has 27 heavy (non-hydrogen) atoms. The van der Waals surface area contributed by atoms with Gasteiger partial charge in [0.05, 0.1) is 19.8 Å². The van der Waals surface area contributed by atoms with Crippen LogP contribution in [0, 0.1) is 23.7 Å². The number of aromatic nitrogens is 4. The Kier molecular flexibility index (Phi) is 4.60. The second-order valence-electron chi connectivity index (χ2n) is 6.70. The molecule has 2 atom stereocenters. The molecule has 4 rings (SSSR count). The maximum absolute atomic E-state index is 13.1. The van der Waals surface area contributed by atoms with Crippen molar-refractivity contribution in [2.45, 2.75) is 31.6 Å². The number of halogens is 2. The van der Waals surface area contributed by atoms with Crippen LogP contribution in [0.4, 0.5) is 8.78 Å². The summed E-state index contributed by atoms with van der Waals surface area (Å²) in [5.41, 5.74) is 2.16. The molecule has 0 aromatic carbocycles. The number of hydrogen-bond acceptors (Lipinski definition) is 6. The van der Waals surface area contributed by atoms with Gasteiger partial charge >= 0.3 is 6.01 Å². The summed E-state index contributed by atoms with van der Waals surface area (Å²) in [4.78, 5) is 8.21. The van der Waals surface area contributed by atoms with Gasteiger partial charge in [0, 0.05) is 18.0 Å². The standard InChI is InChI=1S/C19H18F2N4O2/c1-26-18-14(9-22-19(23-18)27-2)16-8-12(11-7-13(11)17(20)21)15(24-25-16)6-5-10-3-4-10/h8-11,13,17H,3-4,7H2,1-2H3/t11-,13+/m1/s1. The lowest BCUT2D eigenvalue weighted by atomic mass is 10.0. The largest absolute Gasteiger partial charge is 0.480 e. The molecule has 2 aliphatic carbocycles. The fraction of sp³-hybridized carbons (Fsp3) is 0.474. The molecule has 0 radical (unpaired) electrons. The lowest BCUT2D eigenvalue weighted by Crippen LogP contribution is -2.03. The highest BCUT2D eigenvalue weighted by molar-refractivity contribution is 5.65. The van der Waals surface area contributed by atoms with E-state index in [1.807, 2.05) is 0 Å². The van der Waals surface area contributed by atoms with Crippen molar-refractivity contribution in [2.75, 3.05) is 14.2 Å². The summed E-state index contributed by atoms with van der Waals surface area (Å²) in [5.74, 6) is 5.92. The monoisotopic (exact) mass is 372 g/mol. The number of nitrogens with zero attached hydrogens (tertiary/aromatic N) is 4.